The minimum atomic E-state index is 0.392. The quantitative estimate of drug-likeness (QED) is 0.884. The molecule has 0 aromatic heterocycles. The summed E-state index contributed by atoms with van der Waals surface area (Å²) in [7, 11) is 0. The lowest BCUT2D eigenvalue weighted by atomic mass is 9.98. The largest absolute Gasteiger partial charge is 0.382 e. The maximum atomic E-state index is 5.75. The van der Waals surface area contributed by atoms with Gasteiger partial charge in [0.25, 0.3) is 0 Å². The Kier molecular flexibility index (Phi) is 3.65. The van der Waals surface area contributed by atoms with Crippen LogP contribution in [0.4, 0.5) is 11.4 Å². The minimum Gasteiger partial charge on any atom is -0.382 e. The Labute approximate surface area is 115 Å². The molecule has 3 nitrogen and oxygen atoms in total. The Morgan fingerprint density at radius 2 is 2.32 bits per heavy atom. The number of ether oxygens (including phenoxy) is 1. The summed E-state index contributed by atoms with van der Waals surface area (Å²) in [4.78, 5) is 2.47. The average molecular weight is 260 g/mol. The normalized spacial score (nSPS) is 26.7. The van der Waals surface area contributed by atoms with E-state index in [1.54, 1.807) is 0 Å². The molecular formula is C16H24N2O. The standard InChI is InChI=1S/C16H24N2O/c1-3-15-11-18(8-9-19-15)14-6-7-16-13(10-14)5-4-12(2)17-16/h6-7,10,12,15,17H,3-5,8-9,11H2,1-2H3. The van der Waals surface area contributed by atoms with Crippen LogP contribution in [0.15, 0.2) is 18.2 Å². The van der Waals surface area contributed by atoms with Gasteiger partial charge in [0.05, 0.1) is 12.7 Å². The van der Waals surface area contributed by atoms with Crippen molar-refractivity contribution < 1.29 is 4.74 Å². The van der Waals surface area contributed by atoms with Crippen molar-refractivity contribution in [3.63, 3.8) is 0 Å². The first-order chi connectivity index (χ1) is 9.26. The molecule has 1 aromatic carbocycles. The molecule has 0 aliphatic carbocycles. The fourth-order valence-electron chi connectivity index (χ4n) is 3.03. The van der Waals surface area contributed by atoms with Crippen LogP contribution in [0.3, 0.4) is 0 Å². The van der Waals surface area contributed by atoms with Crippen molar-refractivity contribution in [1.29, 1.82) is 0 Å². The van der Waals surface area contributed by atoms with Crippen molar-refractivity contribution in [2.45, 2.75) is 45.3 Å². The van der Waals surface area contributed by atoms with Crippen LogP contribution in [-0.4, -0.2) is 31.8 Å². The molecule has 0 spiro atoms. The van der Waals surface area contributed by atoms with Gasteiger partial charge in [0.1, 0.15) is 0 Å². The Hall–Kier alpha value is -1.22. The Morgan fingerprint density at radius 3 is 3.16 bits per heavy atom. The van der Waals surface area contributed by atoms with Crippen LogP contribution in [0.25, 0.3) is 0 Å². The lowest BCUT2D eigenvalue weighted by molar-refractivity contribution is 0.0384. The average Bonchev–Trinajstić information content (AvgIpc) is 2.46. The molecule has 2 aliphatic rings. The summed E-state index contributed by atoms with van der Waals surface area (Å²) in [5.41, 5.74) is 4.15. The number of anilines is 2. The summed E-state index contributed by atoms with van der Waals surface area (Å²) in [6.07, 6.45) is 3.92. The highest BCUT2D eigenvalue weighted by atomic mass is 16.5. The van der Waals surface area contributed by atoms with Gasteiger partial charge in [0, 0.05) is 30.5 Å². The van der Waals surface area contributed by atoms with Gasteiger partial charge in [-0.05, 0) is 49.9 Å². The van der Waals surface area contributed by atoms with Crippen LogP contribution >= 0.6 is 0 Å². The van der Waals surface area contributed by atoms with E-state index in [1.807, 2.05) is 0 Å². The number of hydrogen-bond donors (Lipinski definition) is 1. The Morgan fingerprint density at radius 1 is 1.42 bits per heavy atom. The van der Waals surface area contributed by atoms with Gasteiger partial charge in [0.15, 0.2) is 0 Å². The van der Waals surface area contributed by atoms with Gasteiger partial charge in [-0.15, -0.1) is 0 Å². The van der Waals surface area contributed by atoms with Crippen LogP contribution < -0.4 is 10.2 Å². The van der Waals surface area contributed by atoms with Gasteiger partial charge in [-0.3, -0.25) is 0 Å². The third-order valence-electron chi connectivity index (χ3n) is 4.30. The second kappa shape index (κ2) is 5.41. The van der Waals surface area contributed by atoms with Crippen LogP contribution in [0.1, 0.15) is 32.3 Å². The molecule has 104 valence electrons. The molecule has 0 saturated carbocycles. The molecule has 2 unspecified atom stereocenters. The van der Waals surface area contributed by atoms with Crippen molar-refractivity contribution in [2.24, 2.45) is 0 Å². The molecule has 3 heteroatoms. The van der Waals surface area contributed by atoms with E-state index in [-0.39, 0.29) is 0 Å². The van der Waals surface area contributed by atoms with Crippen LogP contribution in [0.5, 0.6) is 0 Å². The van der Waals surface area contributed by atoms with E-state index in [2.05, 4.69) is 42.3 Å². The lowest BCUT2D eigenvalue weighted by Gasteiger charge is -2.35. The van der Waals surface area contributed by atoms with Crippen molar-refractivity contribution in [3.05, 3.63) is 23.8 Å². The van der Waals surface area contributed by atoms with Crippen molar-refractivity contribution in [3.8, 4) is 0 Å². The zero-order chi connectivity index (χ0) is 13.2. The Bertz CT molecular complexity index is 446. The number of nitrogens with one attached hydrogen (secondary N) is 1. The second-order valence-corrected chi connectivity index (χ2v) is 5.77. The zero-order valence-corrected chi connectivity index (χ0v) is 12.0. The molecule has 0 radical (unpaired) electrons. The highest BCUT2D eigenvalue weighted by molar-refractivity contribution is 5.62. The number of morpholine rings is 1. The highest BCUT2D eigenvalue weighted by Crippen LogP contribution is 2.29. The molecule has 0 bridgehead atoms. The number of benzene rings is 1. The van der Waals surface area contributed by atoms with E-state index in [9.17, 15) is 0 Å². The molecule has 1 fully saturated rings. The second-order valence-electron chi connectivity index (χ2n) is 5.77. The third-order valence-corrected chi connectivity index (χ3v) is 4.30. The summed E-state index contributed by atoms with van der Waals surface area (Å²) in [6.45, 7) is 7.35. The van der Waals surface area contributed by atoms with Gasteiger partial charge in [-0.1, -0.05) is 6.92 Å². The molecular weight excluding hydrogens is 236 g/mol. The molecule has 1 saturated heterocycles. The van der Waals surface area contributed by atoms with Crippen molar-refractivity contribution >= 4 is 11.4 Å². The predicted octanol–water partition coefficient (Wildman–Crippen LogP) is 3.05. The van der Waals surface area contributed by atoms with Gasteiger partial charge >= 0.3 is 0 Å². The number of fused-ring (bicyclic) bond motifs is 1. The fourth-order valence-corrected chi connectivity index (χ4v) is 3.03. The van der Waals surface area contributed by atoms with Crippen LogP contribution in [0.2, 0.25) is 0 Å². The smallest absolute Gasteiger partial charge is 0.0748 e. The molecule has 2 atom stereocenters. The molecule has 2 aliphatic heterocycles. The van der Waals surface area contributed by atoms with Crippen LogP contribution in [-0.2, 0) is 11.2 Å². The van der Waals surface area contributed by atoms with E-state index in [1.165, 1.54) is 29.8 Å². The molecule has 1 aromatic rings. The summed E-state index contributed by atoms with van der Waals surface area (Å²) < 4.78 is 5.75. The third kappa shape index (κ3) is 2.71. The molecule has 1 N–H and O–H groups in total. The molecule has 0 amide bonds. The fraction of sp³-hybridized carbons (Fsp3) is 0.625. The summed E-state index contributed by atoms with van der Waals surface area (Å²) in [5.74, 6) is 0. The number of rotatable bonds is 2. The number of nitrogens with zero attached hydrogens (tertiary/aromatic N) is 1. The van der Waals surface area contributed by atoms with E-state index in [0.717, 1.165) is 26.1 Å². The maximum absolute atomic E-state index is 5.75. The Balaban J connectivity index is 1.78. The first-order valence-electron chi connectivity index (χ1n) is 7.52. The molecule has 19 heavy (non-hydrogen) atoms. The predicted molar refractivity (Wildman–Crippen MR) is 80.1 cm³/mol. The first-order valence-corrected chi connectivity index (χ1v) is 7.52. The molecule has 3 rings (SSSR count). The monoisotopic (exact) mass is 260 g/mol. The van der Waals surface area contributed by atoms with E-state index < -0.39 is 0 Å². The van der Waals surface area contributed by atoms with E-state index in [0.29, 0.717) is 12.1 Å². The minimum absolute atomic E-state index is 0.392. The van der Waals surface area contributed by atoms with E-state index >= 15 is 0 Å². The van der Waals surface area contributed by atoms with Gasteiger partial charge in [-0.2, -0.15) is 0 Å². The van der Waals surface area contributed by atoms with Crippen molar-refractivity contribution in [1.82, 2.24) is 0 Å². The SMILES string of the molecule is CCC1CN(c2ccc3c(c2)CCC(C)N3)CCO1. The van der Waals surface area contributed by atoms with Crippen LogP contribution in [0, 0.1) is 0 Å². The van der Waals surface area contributed by atoms with Crippen molar-refractivity contribution in [2.75, 3.05) is 29.9 Å². The topological polar surface area (TPSA) is 24.5 Å². The number of aryl methyl sites for hydroxylation is 1. The van der Waals surface area contributed by atoms with Gasteiger partial charge in [0.2, 0.25) is 0 Å². The lowest BCUT2D eigenvalue weighted by Crippen LogP contribution is -2.42. The summed E-state index contributed by atoms with van der Waals surface area (Å²) in [6, 6.07) is 7.47. The van der Waals surface area contributed by atoms with Gasteiger partial charge in [-0.25, -0.2) is 0 Å². The summed E-state index contributed by atoms with van der Waals surface area (Å²) in [5, 5.41) is 3.57. The summed E-state index contributed by atoms with van der Waals surface area (Å²) >= 11 is 0. The zero-order valence-electron chi connectivity index (χ0n) is 12.0. The highest BCUT2D eigenvalue weighted by Gasteiger charge is 2.21. The maximum Gasteiger partial charge on any atom is 0.0748 e. The van der Waals surface area contributed by atoms with Gasteiger partial charge < -0.3 is 15.0 Å². The molecule has 2 heterocycles. The number of hydrogen-bond acceptors (Lipinski definition) is 3. The van der Waals surface area contributed by atoms with E-state index in [4.69, 9.17) is 4.74 Å². The first kappa shape index (κ1) is 12.8.